The van der Waals surface area contributed by atoms with Gasteiger partial charge in [0.05, 0.1) is 0 Å². The Balaban J connectivity index is 2.14. The smallest absolute Gasteiger partial charge is 0.221 e. The molecule has 76 valence electrons. The average molecular weight is 193 g/mol. The Kier molecular flexibility index (Phi) is 2.49. The Morgan fingerprint density at radius 3 is 3.07 bits per heavy atom. The summed E-state index contributed by atoms with van der Waals surface area (Å²) >= 11 is 0. The molecule has 5 heteroatoms. The summed E-state index contributed by atoms with van der Waals surface area (Å²) < 4.78 is 0. The molecule has 1 saturated heterocycles. The predicted octanol–water partition coefficient (Wildman–Crippen LogP) is -0.0137. The van der Waals surface area contributed by atoms with Crippen LogP contribution in [-0.2, 0) is 0 Å². The molecule has 0 unspecified atom stereocenters. The third-order valence-electron chi connectivity index (χ3n) is 2.44. The van der Waals surface area contributed by atoms with Crippen LogP contribution in [0.25, 0.3) is 0 Å². The molecule has 0 saturated carbocycles. The van der Waals surface area contributed by atoms with Crippen molar-refractivity contribution < 1.29 is 0 Å². The molecular weight excluding hydrogens is 178 g/mol. The molecule has 0 bridgehead atoms. The molecule has 2 rings (SSSR count). The third kappa shape index (κ3) is 1.93. The van der Waals surface area contributed by atoms with Gasteiger partial charge in [-0.05, 0) is 18.9 Å². The molecule has 1 aliphatic rings. The number of rotatable bonds is 1. The molecule has 0 aromatic carbocycles. The van der Waals surface area contributed by atoms with Crippen molar-refractivity contribution in [3.05, 3.63) is 12.3 Å². The summed E-state index contributed by atoms with van der Waals surface area (Å²) in [5, 5.41) is 0. The highest BCUT2D eigenvalue weighted by molar-refractivity contribution is 5.41. The lowest BCUT2D eigenvalue weighted by molar-refractivity contribution is 0.503. The second-order valence-electron chi connectivity index (χ2n) is 3.62. The van der Waals surface area contributed by atoms with E-state index in [9.17, 15) is 0 Å². The molecule has 4 N–H and O–H groups in total. The lowest BCUT2D eigenvalue weighted by Gasteiger charge is -2.31. The zero-order chi connectivity index (χ0) is 9.97. The Hall–Kier alpha value is -1.36. The lowest BCUT2D eigenvalue weighted by atomic mass is 10.1. The van der Waals surface area contributed by atoms with Crippen molar-refractivity contribution in [2.75, 3.05) is 23.7 Å². The van der Waals surface area contributed by atoms with Gasteiger partial charge in [0.25, 0.3) is 0 Å². The maximum atomic E-state index is 5.88. The molecule has 14 heavy (non-hydrogen) atoms. The van der Waals surface area contributed by atoms with E-state index in [2.05, 4.69) is 14.9 Å². The summed E-state index contributed by atoms with van der Waals surface area (Å²) in [7, 11) is 0. The van der Waals surface area contributed by atoms with Crippen molar-refractivity contribution in [2.24, 2.45) is 5.73 Å². The van der Waals surface area contributed by atoms with Gasteiger partial charge in [-0.3, -0.25) is 0 Å². The van der Waals surface area contributed by atoms with E-state index < -0.39 is 0 Å². The van der Waals surface area contributed by atoms with Crippen LogP contribution in [0, 0.1) is 0 Å². The lowest BCUT2D eigenvalue weighted by Crippen LogP contribution is -2.43. The number of nitrogen functional groups attached to an aromatic ring is 1. The number of nitrogens with two attached hydrogens (primary N) is 2. The third-order valence-corrected chi connectivity index (χ3v) is 2.44. The van der Waals surface area contributed by atoms with Crippen LogP contribution < -0.4 is 16.4 Å². The van der Waals surface area contributed by atoms with Gasteiger partial charge < -0.3 is 16.4 Å². The van der Waals surface area contributed by atoms with Gasteiger partial charge in [0, 0.05) is 25.3 Å². The van der Waals surface area contributed by atoms with Crippen molar-refractivity contribution in [1.29, 1.82) is 0 Å². The first-order valence-electron chi connectivity index (χ1n) is 4.85. The minimum absolute atomic E-state index is 0.250. The fraction of sp³-hybridized carbons (Fsp3) is 0.556. The summed E-state index contributed by atoms with van der Waals surface area (Å²) in [5.74, 6) is 1.20. The number of hydrogen-bond donors (Lipinski definition) is 2. The first kappa shape index (κ1) is 9.21. The number of piperidine rings is 1. The fourth-order valence-corrected chi connectivity index (χ4v) is 1.76. The quantitative estimate of drug-likeness (QED) is 0.655. The van der Waals surface area contributed by atoms with E-state index in [0.717, 1.165) is 31.7 Å². The molecule has 5 nitrogen and oxygen atoms in total. The van der Waals surface area contributed by atoms with E-state index in [1.807, 2.05) is 6.07 Å². The van der Waals surface area contributed by atoms with Gasteiger partial charge >= 0.3 is 0 Å². The molecule has 0 amide bonds. The molecule has 0 radical (unpaired) electrons. The Morgan fingerprint density at radius 2 is 2.36 bits per heavy atom. The van der Waals surface area contributed by atoms with Gasteiger partial charge in [-0.1, -0.05) is 0 Å². The van der Waals surface area contributed by atoms with Crippen LogP contribution in [0.15, 0.2) is 12.3 Å². The van der Waals surface area contributed by atoms with Crippen LogP contribution in [-0.4, -0.2) is 29.1 Å². The minimum atomic E-state index is 0.250. The summed E-state index contributed by atoms with van der Waals surface area (Å²) in [6.45, 7) is 1.86. The summed E-state index contributed by atoms with van der Waals surface area (Å²) in [6.07, 6.45) is 3.89. The van der Waals surface area contributed by atoms with Gasteiger partial charge in [0.1, 0.15) is 5.82 Å². The monoisotopic (exact) mass is 193 g/mol. The number of hydrogen-bond acceptors (Lipinski definition) is 5. The van der Waals surface area contributed by atoms with Crippen LogP contribution in [0.1, 0.15) is 12.8 Å². The summed E-state index contributed by atoms with van der Waals surface area (Å²) in [5.41, 5.74) is 11.4. The van der Waals surface area contributed by atoms with Crippen LogP contribution in [0.5, 0.6) is 0 Å². The number of nitrogens with zero attached hydrogens (tertiary/aromatic N) is 3. The van der Waals surface area contributed by atoms with Gasteiger partial charge in [-0.15, -0.1) is 0 Å². The van der Waals surface area contributed by atoms with E-state index in [0.29, 0.717) is 5.95 Å². The molecule has 0 aliphatic carbocycles. The minimum Gasteiger partial charge on any atom is -0.368 e. The SMILES string of the molecule is Nc1nccc(N2CCC[C@@H](N)C2)n1. The molecule has 2 heterocycles. The second-order valence-corrected chi connectivity index (χ2v) is 3.62. The van der Waals surface area contributed by atoms with Crippen molar-refractivity contribution in [3.63, 3.8) is 0 Å². The highest BCUT2D eigenvalue weighted by Gasteiger charge is 2.17. The molecule has 1 aromatic heterocycles. The highest BCUT2D eigenvalue weighted by Crippen LogP contribution is 2.16. The molecule has 1 aromatic rings. The second kappa shape index (κ2) is 3.79. The maximum absolute atomic E-state index is 5.88. The van der Waals surface area contributed by atoms with Crippen LogP contribution >= 0.6 is 0 Å². The number of anilines is 2. The predicted molar refractivity (Wildman–Crippen MR) is 55.9 cm³/mol. The molecule has 0 spiro atoms. The first-order valence-corrected chi connectivity index (χ1v) is 4.85. The molecule has 1 atom stereocenters. The van der Waals surface area contributed by atoms with Crippen LogP contribution in [0.4, 0.5) is 11.8 Å². The van der Waals surface area contributed by atoms with E-state index in [1.54, 1.807) is 6.20 Å². The standard InChI is InChI=1S/C9H15N5/c10-7-2-1-5-14(6-7)8-3-4-12-9(11)13-8/h3-4,7H,1-2,5-6,10H2,(H2,11,12,13)/t7-/m1/s1. The maximum Gasteiger partial charge on any atom is 0.221 e. The summed E-state index contributed by atoms with van der Waals surface area (Å²) in [6, 6.07) is 2.12. The van der Waals surface area contributed by atoms with Crippen LogP contribution in [0.3, 0.4) is 0 Å². The average Bonchev–Trinajstić information content (AvgIpc) is 2.18. The van der Waals surface area contributed by atoms with Crippen molar-refractivity contribution in [1.82, 2.24) is 9.97 Å². The first-order chi connectivity index (χ1) is 6.75. The van der Waals surface area contributed by atoms with Crippen molar-refractivity contribution in [3.8, 4) is 0 Å². The van der Waals surface area contributed by atoms with Crippen molar-refractivity contribution >= 4 is 11.8 Å². The zero-order valence-corrected chi connectivity index (χ0v) is 8.06. The number of aromatic nitrogens is 2. The fourth-order valence-electron chi connectivity index (χ4n) is 1.76. The van der Waals surface area contributed by atoms with E-state index >= 15 is 0 Å². The topological polar surface area (TPSA) is 81.1 Å². The van der Waals surface area contributed by atoms with Gasteiger partial charge in [0.2, 0.25) is 5.95 Å². The van der Waals surface area contributed by atoms with Gasteiger partial charge in [0.15, 0.2) is 0 Å². The molecule has 1 aliphatic heterocycles. The van der Waals surface area contributed by atoms with E-state index in [1.165, 1.54) is 0 Å². The van der Waals surface area contributed by atoms with Gasteiger partial charge in [-0.2, -0.15) is 4.98 Å². The Bertz CT molecular complexity index is 314. The summed E-state index contributed by atoms with van der Waals surface area (Å²) in [4.78, 5) is 10.2. The van der Waals surface area contributed by atoms with Crippen molar-refractivity contribution in [2.45, 2.75) is 18.9 Å². The van der Waals surface area contributed by atoms with E-state index in [-0.39, 0.29) is 6.04 Å². The highest BCUT2D eigenvalue weighted by atomic mass is 15.2. The Morgan fingerprint density at radius 1 is 1.50 bits per heavy atom. The normalized spacial score (nSPS) is 22.4. The Labute approximate surface area is 83.1 Å². The largest absolute Gasteiger partial charge is 0.368 e. The molecular formula is C9H15N5. The van der Waals surface area contributed by atoms with Crippen LogP contribution in [0.2, 0.25) is 0 Å². The van der Waals surface area contributed by atoms with E-state index in [4.69, 9.17) is 11.5 Å². The zero-order valence-electron chi connectivity index (χ0n) is 8.06. The van der Waals surface area contributed by atoms with Gasteiger partial charge in [-0.25, -0.2) is 4.98 Å². The molecule has 1 fully saturated rings.